The third-order valence-corrected chi connectivity index (χ3v) is 3.44. The molecule has 0 saturated heterocycles. The van der Waals surface area contributed by atoms with Crippen molar-refractivity contribution < 1.29 is 4.43 Å². The van der Waals surface area contributed by atoms with Crippen LogP contribution in [0.4, 0.5) is 0 Å². The summed E-state index contributed by atoms with van der Waals surface area (Å²) in [4.78, 5) is 0. The van der Waals surface area contributed by atoms with Crippen LogP contribution in [0.25, 0.3) is 0 Å². The van der Waals surface area contributed by atoms with Crippen LogP contribution in [0.2, 0.25) is 12.6 Å². The van der Waals surface area contributed by atoms with Crippen LogP contribution in [0.15, 0.2) is 0 Å². The van der Waals surface area contributed by atoms with Gasteiger partial charge in [0.2, 0.25) is 0 Å². The predicted octanol–water partition coefficient (Wildman–Crippen LogP) is 1.79. The molecule has 0 fully saturated rings. The molecule has 0 aliphatic heterocycles. The Morgan fingerprint density at radius 1 is 1.38 bits per heavy atom. The highest BCUT2D eigenvalue weighted by Crippen LogP contribution is 1.96. The van der Waals surface area contributed by atoms with E-state index in [0.29, 0.717) is 0 Å². The fourth-order valence-electron chi connectivity index (χ4n) is 0.774. The molecule has 0 radical (unpaired) electrons. The predicted molar refractivity (Wildman–Crippen MR) is 39.7 cm³/mol. The van der Waals surface area contributed by atoms with Crippen molar-refractivity contribution in [1.82, 2.24) is 0 Å². The highest BCUT2D eigenvalue weighted by molar-refractivity contribution is 6.50. The summed E-state index contributed by atoms with van der Waals surface area (Å²) in [7, 11) is -0.702. The molecule has 2 heteroatoms. The minimum Gasteiger partial charge on any atom is -0.421 e. The maximum Gasteiger partial charge on any atom is 0.173 e. The number of hydrogen-bond donors (Lipinski definition) is 0. The van der Waals surface area contributed by atoms with Crippen LogP contribution < -0.4 is 0 Å². The van der Waals surface area contributed by atoms with E-state index in [-0.39, 0.29) is 0 Å². The zero-order valence-corrected chi connectivity index (χ0v) is 7.26. The fourth-order valence-corrected chi connectivity index (χ4v) is 2.32. The smallest absolute Gasteiger partial charge is 0.173 e. The van der Waals surface area contributed by atoms with Crippen molar-refractivity contribution in [2.45, 2.75) is 32.9 Å². The van der Waals surface area contributed by atoms with E-state index in [1.165, 1.54) is 12.5 Å². The van der Waals surface area contributed by atoms with Gasteiger partial charge in [-0.2, -0.15) is 0 Å². The summed E-state index contributed by atoms with van der Waals surface area (Å²) in [6.45, 7) is 7.45. The lowest BCUT2D eigenvalue weighted by Crippen LogP contribution is -2.11. The largest absolute Gasteiger partial charge is 0.421 e. The van der Waals surface area contributed by atoms with Crippen LogP contribution in [0.5, 0.6) is 0 Å². The first-order valence-electron chi connectivity index (χ1n) is 3.42. The summed E-state index contributed by atoms with van der Waals surface area (Å²) in [5.74, 6) is 0. The zero-order valence-electron chi connectivity index (χ0n) is 6.11. The second-order valence-electron chi connectivity index (χ2n) is 2.05. The van der Waals surface area contributed by atoms with E-state index in [9.17, 15) is 0 Å². The molecule has 0 aliphatic carbocycles. The maximum atomic E-state index is 5.42. The van der Waals surface area contributed by atoms with Crippen molar-refractivity contribution >= 4 is 9.04 Å². The SMILES string of the molecule is CCC[SiH](C)OCC. The molecular weight excluding hydrogens is 116 g/mol. The first kappa shape index (κ1) is 8.18. The molecule has 0 amide bonds. The lowest BCUT2D eigenvalue weighted by Gasteiger charge is -2.06. The van der Waals surface area contributed by atoms with E-state index in [2.05, 4.69) is 20.4 Å². The summed E-state index contributed by atoms with van der Waals surface area (Å²) >= 11 is 0. The molecule has 0 saturated carbocycles. The van der Waals surface area contributed by atoms with Gasteiger partial charge in [-0.1, -0.05) is 13.3 Å². The van der Waals surface area contributed by atoms with E-state index in [1.807, 2.05) is 0 Å². The van der Waals surface area contributed by atoms with E-state index in [1.54, 1.807) is 0 Å². The summed E-state index contributed by atoms with van der Waals surface area (Å²) in [6, 6.07) is 1.33. The molecule has 0 aromatic rings. The molecule has 0 aliphatic rings. The number of hydrogen-bond acceptors (Lipinski definition) is 1. The maximum absolute atomic E-state index is 5.42. The molecule has 0 aromatic carbocycles. The Morgan fingerprint density at radius 3 is 2.38 bits per heavy atom. The molecule has 0 N–H and O–H groups in total. The quantitative estimate of drug-likeness (QED) is 0.530. The van der Waals surface area contributed by atoms with Gasteiger partial charge in [0, 0.05) is 6.61 Å². The van der Waals surface area contributed by atoms with E-state index < -0.39 is 9.04 Å². The van der Waals surface area contributed by atoms with Gasteiger partial charge in [0.15, 0.2) is 9.04 Å². The van der Waals surface area contributed by atoms with Gasteiger partial charge in [-0.3, -0.25) is 0 Å². The second kappa shape index (κ2) is 5.32. The molecule has 0 aromatic heterocycles. The minimum absolute atomic E-state index is 0.702. The van der Waals surface area contributed by atoms with Gasteiger partial charge in [0.05, 0.1) is 0 Å². The number of rotatable bonds is 4. The molecule has 1 nitrogen and oxygen atoms in total. The highest BCUT2D eigenvalue weighted by atomic mass is 28.3. The summed E-state index contributed by atoms with van der Waals surface area (Å²) < 4.78 is 5.42. The third-order valence-electron chi connectivity index (χ3n) is 1.15. The van der Waals surface area contributed by atoms with Crippen molar-refractivity contribution in [1.29, 1.82) is 0 Å². The summed E-state index contributed by atoms with van der Waals surface area (Å²) in [5.41, 5.74) is 0. The lowest BCUT2D eigenvalue weighted by atomic mass is 10.6. The Balaban J connectivity index is 2.92. The molecule has 1 unspecified atom stereocenters. The zero-order chi connectivity index (χ0) is 6.41. The first-order chi connectivity index (χ1) is 3.81. The highest BCUT2D eigenvalue weighted by Gasteiger charge is 1.98. The molecule has 8 heavy (non-hydrogen) atoms. The average Bonchev–Trinajstić information content (AvgIpc) is 1.68. The molecule has 50 valence electrons. The summed E-state index contributed by atoms with van der Waals surface area (Å²) in [6.07, 6.45) is 1.29. The van der Waals surface area contributed by atoms with E-state index in [0.717, 1.165) is 6.61 Å². The van der Waals surface area contributed by atoms with Crippen molar-refractivity contribution in [2.24, 2.45) is 0 Å². The van der Waals surface area contributed by atoms with Gasteiger partial charge in [0.25, 0.3) is 0 Å². The molecule has 0 heterocycles. The van der Waals surface area contributed by atoms with Crippen molar-refractivity contribution in [3.05, 3.63) is 0 Å². The van der Waals surface area contributed by atoms with Crippen LogP contribution in [0.1, 0.15) is 20.3 Å². The van der Waals surface area contributed by atoms with Gasteiger partial charge in [0.1, 0.15) is 0 Å². The van der Waals surface area contributed by atoms with Crippen molar-refractivity contribution in [3.8, 4) is 0 Å². The second-order valence-corrected chi connectivity index (χ2v) is 4.59. The van der Waals surface area contributed by atoms with Gasteiger partial charge < -0.3 is 4.43 Å². The van der Waals surface area contributed by atoms with Crippen LogP contribution >= 0.6 is 0 Å². The Bertz CT molecular complexity index is 41.8. The van der Waals surface area contributed by atoms with E-state index in [4.69, 9.17) is 4.43 Å². The van der Waals surface area contributed by atoms with Crippen LogP contribution in [0.3, 0.4) is 0 Å². The van der Waals surface area contributed by atoms with Crippen LogP contribution in [-0.2, 0) is 4.43 Å². The van der Waals surface area contributed by atoms with E-state index >= 15 is 0 Å². The molecular formula is C6H16OSi. The fraction of sp³-hybridized carbons (Fsp3) is 1.00. The molecule has 0 rings (SSSR count). The van der Waals surface area contributed by atoms with Gasteiger partial charge >= 0.3 is 0 Å². The standard InChI is InChI=1S/C6H16OSi/c1-4-6-8(3)7-5-2/h8H,4-6H2,1-3H3. The van der Waals surface area contributed by atoms with Crippen molar-refractivity contribution in [3.63, 3.8) is 0 Å². The Labute approximate surface area is 53.8 Å². The van der Waals surface area contributed by atoms with Crippen LogP contribution in [-0.4, -0.2) is 15.6 Å². The van der Waals surface area contributed by atoms with Gasteiger partial charge in [-0.05, 0) is 19.5 Å². The Kier molecular flexibility index (Phi) is 5.43. The van der Waals surface area contributed by atoms with Crippen molar-refractivity contribution in [2.75, 3.05) is 6.61 Å². The average molecular weight is 132 g/mol. The Hall–Kier alpha value is 0.177. The third kappa shape index (κ3) is 4.34. The normalized spacial score (nSPS) is 13.9. The molecule has 0 spiro atoms. The monoisotopic (exact) mass is 132 g/mol. The summed E-state index contributed by atoms with van der Waals surface area (Å²) in [5, 5.41) is 0. The first-order valence-corrected chi connectivity index (χ1v) is 5.87. The molecule has 0 bridgehead atoms. The van der Waals surface area contributed by atoms with Gasteiger partial charge in [-0.25, -0.2) is 0 Å². The topological polar surface area (TPSA) is 9.23 Å². The minimum atomic E-state index is -0.702. The molecule has 1 atom stereocenters. The lowest BCUT2D eigenvalue weighted by molar-refractivity contribution is 0.345. The van der Waals surface area contributed by atoms with Crippen LogP contribution in [0, 0.1) is 0 Å². The Morgan fingerprint density at radius 2 is 2.00 bits per heavy atom. The van der Waals surface area contributed by atoms with Gasteiger partial charge in [-0.15, -0.1) is 0 Å².